The highest BCUT2D eigenvalue weighted by Crippen LogP contribution is 2.30. The number of rotatable bonds is 10. The van der Waals surface area contributed by atoms with E-state index in [0.29, 0.717) is 0 Å². The lowest BCUT2D eigenvalue weighted by Gasteiger charge is -2.25. The first kappa shape index (κ1) is 22.5. The van der Waals surface area contributed by atoms with Crippen LogP contribution >= 0.6 is 0 Å². The smallest absolute Gasteiger partial charge is 0.331 e. The van der Waals surface area contributed by atoms with Crippen molar-refractivity contribution in [2.24, 2.45) is 11.3 Å². The first-order valence-electron chi connectivity index (χ1n) is 7.17. The quantitative estimate of drug-likeness (QED) is 0.285. The molecule has 0 saturated heterocycles. The van der Waals surface area contributed by atoms with Crippen molar-refractivity contribution in [3.8, 4) is 0 Å². The Hall–Kier alpha value is -2.49. The normalized spacial score (nSPS) is 15.8. The molecule has 0 heterocycles. The van der Waals surface area contributed by atoms with E-state index < -0.39 is 54.6 Å². The van der Waals surface area contributed by atoms with Gasteiger partial charge in [-0.15, -0.1) is 0 Å². The molecule has 9 nitrogen and oxygen atoms in total. The lowest BCUT2D eigenvalue weighted by atomic mass is 9.81. The van der Waals surface area contributed by atoms with E-state index in [-0.39, 0.29) is 11.1 Å². The van der Waals surface area contributed by atoms with E-state index in [1.54, 1.807) is 0 Å². The number of aliphatic hydroxyl groups is 3. The Morgan fingerprint density at radius 2 is 1.20 bits per heavy atom. The third kappa shape index (κ3) is 6.49. The van der Waals surface area contributed by atoms with Crippen molar-refractivity contribution < 1.29 is 45.0 Å². The van der Waals surface area contributed by atoms with Crippen LogP contribution in [0.1, 0.15) is 13.8 Å². The maximum atomic E-state index is 11.4. The maximum Gasteiger partial charge on any atom is 0.331 e. The molecular weight excluding hydrogens is 336 g/mol. The molecule has 0 aliphatic heterocycles. The Labute approximate surface area is 143 Å². The summed E-state index contributed by atoms with van der Waals surface area (Å²) in [6, 6.07) is 0. The third-order valence-corrected chi connectivity index (χ3v) is 3.47. The van der Waals surface area contributed by atoms with E-state index in [1.807, 2.05) is 0 Å². The van der Waals surface area contributed by atoms with Gasteiger partial charge in [0.2, 0.25) is 0 Å². The summed E-state index contributed by atoms with van der Waals surface area (Å²) in [6.45, 7) is 0.141. The van der Waals surface area contributed by atoms with Crippen molar-refractivity contribution in [3.63, 3.8) is 0 Å². The summed E-state index contributed by atoms with van der Waals surface area (Å²) in [6.07, 6.45) is 2.96. The van der Waals surface area contributed by atoms with Crippen LogP contribution in [-0.4, -0.2) is 68.4 Å². The summed E-state index contributed by atoms with van der Waals surface area (Å²) in [7, 11) is 0. The van der Waals surface area contributed by atoms with Gasteiger partial charge in [0, 0.05) is 28.1 Å². The third-order valence-electron chi connectivity index (χ3n) is 3.47. The molecule has 0 bridgehead atoms. The number of carboxylic acid groups (broad SMARTS) is 3. The Kier molecular flexibility index (Phi) is 8.75. The summed E-state index contributed by atoms with van der Waals surface area (Å²) >= 11 is 0. The van der Waals surface area contributed by atoms with Gasteiger partial charge in [0.15, 0.2) is 0 Å². The lowest BCUT2D eigenvalue weighted by Crippen LogP contribution is -2.27. The first-order chi connectivity index (χ1) is 11.5. The van der Waals surface area contributed by atoms with E-state index in [1.165, 1.54) is 13.8 Å². The zero-order valence-corrected chi connectivity index (χ0v) is 13.8. The van der Waals surface area contributed by atoms with Gasteiger partial charge in [-0.1, -0.05) is 18.2 Å². The van der Waals surface area contributed by atoms with Crippen molar-refractivity contribution in [2.75, 3.05) is 19.8 Å². The van der Waals surface area contributed by atoms with Crippen molar-refractivity contribution in [3.05, 3.63) is 34.9 Å². The van der Waals surface area contributed by atoms with Crippen molar-refractivity contribution in [1.29, 1.82) is 0 Å². The van der Waals surface area contributed by atoms with Crippen LogP contribution in [0.2, 0.25) is 0 Å². The molecule has 140 valence electrons. The van der Waals surface area contributed by atoms with Gasteiger partial charge in [0.1, 0.15) is 0 Å². The van der Waals surface area contributed by atoms with Gasteiger partial charge in [-0.3, -0.25) is 0 Å². The van der Waals surface area contributed by atoms with Gasteiger partial charge in [0.05, 0.1) is 19.8 Å². The van der Waals surface area contributed by atoms with Crippen LogP contribution in [0, 0.1) is 11.3 Å². The van der Waals surface area contributed by atoms with Crippen LogP contribution < -0.4 is 0 Å². The summed E-state index contributed by atoms with van der Waals surface area (Å²) in [5, 5.41) is 55.5. The number of aliphatic hydroxyl groups excluding tert-OH is 3. The van der Waals surface area contributed by atoms with Crippen molar-refractivity contribution >= 4 is 17.9 Å². The number of carbonyl (C=O) groups is 3. The van der Waals surface area contributed by atoms with E-state index in [4.69, 9.17) is 10.2 Å². The topological polar surface area (TPSA) is 173 Å². The molecule has 0 unspecified atom stereocenters. The molecule has 0 aromatic rings. The average Bonchev–Trinajstić information content (AvgIpc) is 2.54. The Morgan fingerprint density at radius 1 is 0.800 bits per heavy atom. The second kappa shape index (κ2) is 9.72. The molecule has 0 atom stereocenters. The number of hydrogen-bond donors (Lipinski definition) is 6. The summed E-state index contributed by atoms with van der Waals surface area (Å²) in [5.74, 6) is -5.38. The minimum absolute atomic E-state index is 0.256. The summed E-state index contributed by atoms with van der Waals surface area (Å²) in [5.41, 5.74) is -2.76. The molecule has 9 heteroatoms. The number of carboxylic acids is 3. The molecule has 0 rings (SSSR count). The Morgan fingerprint density at radius 3 is 1.44 bits per heavy atom. The van der Waals surface area contributed by atoms with Crippen LogP contribution in [0.3, 0.4) is 0 Å². The van der Waals surface area contributed by atoms with E-state index >= 15 is 0 Å². The summed E-state index contributed by atoms with van der Waals surface area (Å²) in [4.78, 5) is 33.6. The largest absolute Gasteiger partial charge is 0.478 e. The number of aliphatic carboxylic acids is 3. The highest BCUT2D eigenvalue weighted by Gasteiger charge is 2.30. The standard InChI is InChI=1S/C16H22O9/c1-9(13(20)21)3-16(8-19,4-10(2)14(22)23)5-12(15(24)25)11(6-17)7-18/h3-5,11,17-19H,6-8H2,1-2H3,(H,20,21)(H,22,23)(H,24,25). The Balaban J connectivity index is 6.63. The van der Waals surface area contributed by atoms with Gasteiger partial charge < -0.3 is 30.6 Å². The molecule has 6 N–H and O–H groups in total. The predicted molar refractivity (Wildman–Crippen MR) is 85.7 cm³/mol. The minimum Gasteiger partial charge on any atom is -0.478 e. The minimum atomic E-state index is -1.76. The van der Waals surface area contributed by atoms with Crippen LogP contribution in [0.15, 0.2) is 34.9 Å². The lowest BCUT2D eigenvalue weighted by molar-refractivity contribution is -0.134. The van der Waals surface area contributed by atoms with Crippen molar-refractivity contribution in [2.45, 2.75) is 13.8 Å². The fourth-order valence-corrected chi connectivity index (χ4v) is 2.09. The molecule has 0 saturated carbocycles. The fraction of sp³-hybridized carbons (Fsp3) is 0.438. The molecule has 0 spiro atoms. The van der Waals surface area contributed by atoms with E-state index in [9.17, 15) is 34.8 Å². The molecule has 0 amide bonds. The molecule has 25 heavy (non-hydrogen) atoms. The van der Waals surface area contributed by atoms with Crippen LogP contribution in [0.25, 0.3) is 0 Å². The SMILES string of the molecule is CC(=CC(C=C(C)C(=O)O)(C=C(C(=O)O)C(CO)CO)CO)C(=O)O. The number of hydrogen-bond acceptors (Lipinski definition) is 6. The highest BCUT2D eigenvalue weighted by molar-refractivity contribution is 5.89. The second-order valence-electron chi connectivity index (χ2n) is 5.50. The van der Waals surface area contributed by atoms with Gasteiger partial charge in [-0.25, -0.2) is 14.4 Å². The Bertz CT molecular complexity index is 579. The van der Waals surface area contributed by atoms with E-state index in [2.05, 4.69) is 0 Å². The molecule has 0 aliphatic rings. The monoisotopic (exact) mass is 358 g/mol. The van der Waals surface area contributed by atoms with Gasteiger partial charge >= 0.3 is 17.9 Å². The molecule has 0 radical (unpaired) electrons. The molecule has 0 fully saturated rings. The van der Waals surface area contributed by atoms with Gasteiger partial charge in [-0.2, -0.15) is 0 Å². The first-order valence-corrected chi connectivity index (χ1v) is 7.17. The van der Waals surface area contributed by atoms with Crippen LogP contribution in [-0.2, 0) is 14.4 Å². The van der Waals surface area contributed by atoms with Crippen molar-refractivity contribution in [1.82, 2.24) is 0 Å². The van der Waals surface area contributed by atoms with Gasteiger partial charge in [0.25, 0.3) is 0 Å². The maximum absolute atomic E-state index is 11.4. The van der Waals surface area contributed by atoms with Crippen LogP contribution in [0.5, 0.6) is 0 Å². The zero-order valence-electron chi connectivity index (χ0n) is 13.8. The predicted octanol–water partition coefficient (Wildman–Crippen LogP) is -0.361. The molecule has 0 aromatic heterocycles. The molecule has 0 aromatic carbocycles. The van der Waals surface area contributed by atoms with Gasteiger partial charge in [-0.05, 0) is 13.8 Å². The molecular formula is C16H22O9. The zero-order chi connectivity index (χ0) is 19.8. The molecule has 0 aliphatic carbocycles. The fourth-order valence-electron chi connectivity index (χ4n) is 2.09. The van der Waals surface area contributed by atoms with E-state index in [0.717, 1.165) is 18.2 Å². The summed E-state index contributed by atoms with van der Waals surface area (Å²) < 4.78 is 0. The highest BCUT2D eigenvalue weighted by atomic mass is 16.4. The van der Waals surface area contributed by atoms with Crippen LogP contribution in [0.4, 0.5) is 0 Å². The second-order valence-corrected chi connectivity index (χ2v) is 5.50. The average molecular weight is 358 g/mol.